The molecule has 100 valence electrons. The lowest BCUT2D eigenvalue weighted by atomic mass is 10.1. The molecule has 0 aliphatic carbocycles. The molecule has 1 aromatic rings. The highest BCUT2D eigenvalue weighted by molar-refractivity contribution is 7.15. The number of ether oxygens (including phenoxy) is 1. The van der Waals surface area contributed by atoms with E-state index in [1.54, 1.807) is 6.92 Å². The molecular weight excluding hydrogens is 252 g/mol. The van der Waals surface area contributed by atoms with Crippen LogP contribution >= 0.6 is 11.3 Å². The van der Waals surface area contributed by atoms with Gasteiger partial charge in [-0.1, -0.05) is 0 Å². The van der Waals surface area contributed by atoms with Crippen LogP contribution in [-0.2, 0) is 4.74 Å². The van der Waals surface area contributed by atoms with Gasteiger partial charge in [0.25, 0.3) is 0 Å². The number of carboxylic acid groups (broad SMARTS) is 1. The first-order chi connectivity index (χ1) is 8.30. The summed E-state index contributed by atoms with van der Waals surface area (Å²) in [5, 5.41) is 9.82. The van der Waals surface area contributed by atoms with Crippen LogP contribution < -0.4 is 4.90 Å². The normalized spacial score (nSPS) is 23.1. The lowest BCUT2D eigenvalue weighted by Crippen LogP contribution is -2.53. The maximum Gasteiger partial charge on any atom is 0.355 e. The van der Waals surface area contributed by atoms with Gasteiger partial charge in [0.05, 0.1) is 18.2 Å². The lowest BCUT2D eigenvalue weighted by Gasteiger charge is -2.42. The van der Waals surface area contributed by atoms with Gasteiger partial charge in [-0.05, 0) is 27.7 Å². The third kappa shape index (κ3) is 2.49. The smallest absolute Gasteiger partial charge is 0.355 e. The molecular formula is C12H18N2O3S. The van der Waals surface area contributed by atoms with Crippen LogP contribution in [0.3, 0.4) is 0 Å². The molecule has 1 atom stereocenters. The number of aromatic carboxylic acids is 1. The highest BCUT2D eigenvalue weighted by Crippen LogP contribution is 2.31. The molecule has 0 amide bonds. The van der Waals surface area contributed by atoms with Crippen molar-refractivity contribution >= 4 is 22.4 Å². The number of aromatic nitrogens is 1. The molecule has 1 aliphatic rings. The Kier molecular flexibility index (Phi) is 3.33. The van der Waals surface area contributed by atoms with Crippen LogP contribution in [0.2, 0.25) is 0 Å². The zero-order valence-electron chi connectivity index (χ0n) is 11.1. The third-order valence-electron chi connectivity index (χ3n) is 3.03. The van der Waals surface area contributed by atoms with E-state index in [4.69, 9.17) is 9.84 Å². The zero-order valence-corrected chi connectivity index (χ0v) is 11.9. The molecule has 5 nitrogen and oxygen atoms in total. The minimum atomic E-state index is -0.963. The van der Waals surface area contributed by atoms with Gasteiger partial charge in [-0.25, -0.2) is 9.78 Å². The molecule has 0 unspecified atom stereocenters. The van der Waals surface area contributed by atoms with Crippen molar-refractivity contribution in [2.24, 2.45) is 0 Å². The van der Waals surface area contributed by atoms with Gasteiger partial charge in [0.15, 0.2) is 10.8 Å². The summed E-state index contributed by atoms with van der Waals surface area (Å²) < 4.78 is 5.73. The number of hydrogen-bond donors (Lipinski definition) is 1. The lowest BCUT2D eigenvalue weighted by molar-refractivity contribution is -0.0421. The molecule has 0 radical (unpaired) electrons. The number of aryl methyl sites for hydroxylation is 1. The summed E-state index contributed by atoms with van der Waals surface area (Å²) in [5.74, 6) is -0.963. The van der Waals surface area contributed by atoms with Gasteiger partial charge >= 0.3 is 5.97 Å². The number of anilines is 1. The van der Waals surface area contributed by atoms with Crippen molar-refractivity contribution in [2.75, 3.05) is 18.1 Å². The molecule has 0 aromatic carbocycles. The topological polar surface area (TPSA) is 62.7 Å². The van der Waals surface area contributed by atoms with E-state index < -0.39 is 5.97 Å². The Balaban J connectivity index is 2.29. The average Bonchev–Trinajstić information content (AvgIpc) is 2.64. The Labute approximate surface area is 110 Å². The average molecular weight is 270 g/mol. The SMILES string of the molecule is Cc1sc(N2CC(C)(C)OC[C@@H]2C)nc1C(=O)O. The molecule has 1 aromatic heterocycles. The highest BCUT2D eigenvalue weighted by atomic mass is 32.1. The molecule has 0 bridgehead atoms. The molecule has 1 N–H and O–H groups in total. The molecule has 2 rings (SSSR count). The standard InChI is InChI=1S/C12H18N2O3S/c1-7-5-17-12(3,4)6-14(7)11-13-9(10(15)16)8(2)18-11/h7H,5-6H2,1-4H3,(H,15,16)/t7-/m0/s1. The van der Waals surface area contributed by atoms with E-state index in [0.717, 1.165) is 16.6 Å². The first-order valence-electron chi connectivity index (χ1n) is 5.91. The summed E-state index contributed by atoms with van der Waals surface area (Å²) in [5.41, 5.74) is -0.0679. The van der Waals surface area contributed by atoms with Crippen LogP contribution in [0.25, 0.3) is 0 Å². The van der Waals surface area contributed by atoms with Crippen molar-refractivity contribution in [3.8, 4) is 0 Å². The van der Waals surface area contributed by atoms with Crippen LogP contribution in [-0.4, -0.2) is 40.9 Å². The molecule has 0 spiro atoms. The molecule has 1 saturated heterocycles. The second-order valence-electron chi connectivity index (χ2n) is 5.25. The van der Waals surface area contributed by atoms with Crippen LogP contribution in [0.15, 0.2) is 0 Å². The van der Waals surface area contributed by atoms with Gasteiger partial charge in [-0.3, -0.25) is 0 Å². The number of hydrogen-bond acceptors (Lipinski definition) is 5. The van der Waals surface area contributed by atoms with Gasteiger partial charge in [-0.15, -0.1) is 11.3 Å². The van der Waals surface area contributed by atoms with Crippen molar-refractivity contribution in [3.63, 3.8) is 0 Å². The van der Waals surface area contributed by atoms with Crippen LogP contribution in [0, 0.1) is 6.92 Å². The largest absolute Gasteiger partial charge is 0.476 e. The summed E-state index contributed by atoms with van der Waals surface area (Å²) in [6, 6.07) is 0.213. The van der Waals surface area contributed by atoms with Crippen molar-refractivity contribution < 1.29 is 14.6 Å². The Morgan fingerprint density at radius 3 is 2.83 bits per heavy atom. The van der Waals surface area contributed by atoms with Crippen molar-refractivity contribution in [2.45, 2.75) is 39.3 Å². The van der Waals surface area contributed by atoms with E-state index in [-0.39, 0.29) is 17.3 Å². The predicted molar refractivity (Wildman–Crippen MR) is 70.6 cm³/mol. The third-order valence-corrected chi connectivity index (χ3v) is 4.04. The molecule has 18 heavy (non-hydrogen) atoms. The van der Waals surface area contributed by atoms with Gasteiger partial charge in [-0.2, -0.15) is 0 Å². The summed E-state index contributed by atoms with van der Waals surface area (Å²) in [7, 11) is 0. The van der Waals surface area contributed by atoms with E-state index in [1.165, 1.54) is 11.3 Å². The summed E-state index contributed by atoms with van der Waals surface area (Å²) >= 11 is 1.43. The predicted octanol–water partition coefficient (Wildman–Crippen LogP) is 2.15. The van der Waals surface area contributed by atoms with Gasteiger partial charge in [0.1, 0.15) is 0 Å². The summed E-state index contributed by atoms with van der Waals surface area (Å²) in [4.78, 5) is 18.1. The Morgan fingerprint density at radius 1 is 1.61 bits per heavy atom. The Bertz CT molecular complexity index is 470. The molecule has 0 saturated carbocycles. The Morgan fingerprint density at radius 2 is 2.28 bits per heavy atom. The minimum Gasteiger partial charge on any atom is -0.476 e. The Hall–Kier alpha value is -1.14. The number of rotatable bonds is 2. The van der Waals surface area contributed by atoms with Crippen molar-refractivity contribution in [3.05, 3.63) is 10.6 Å². The van der Waals surface area contributed by atoms with E-state index in [0.29, 0.717) is 6.61 Å². The zero-order chi connectivity index (χ0) is 13.5. The van der Waals surface area contributed by atoms with Crippen LogP contribution in [0.4, 0.5) is 5.13 Å². The van der Waals surface area contributed by atoms with Crippen molar-refractivity contribution in [1.82, 2.24) is 4.98 Å². The first kappa shape index (κ1) is 13.3. The maximum atomic E-state index is 11.0. The molecule has 2 heterocycles. The number of thiazole rings is 1. The van der Waals surface area contributed by atoms with Gasteiger partial charge in [0.2, 0.25) is 0 Å². The number of nitrogens with zero attached hydrogens (tertiary/aromatic N) is 2. The van der Waals surface area contributed by atoms with E-state index in [9.17, 15) is 4.79 Å². The number of carbonyl (C=O) groups is 1. The van der Waals surface area contributed by atoms with E-state index in [2.05, 4.69) is 16.8 Å². The van der Waals surface area contributed by atoms with Crippen LogP contribution in [0.1, 0.15) is 36.1 Å². The number of carboxylic acids is 1. The maximum absolute atomic E-state index is 11.0. The molecule has 6 heteroatoms. The monoisotopic (exact) mass is 270 g/mol. The van der Waals surface area contributed by atoms with Gasteiger partial charge < -0.3 is 14.7 Å². The fourth-order valence-corrected chi connectivity index (χ4v) is 3.01. The van der Waals surface area contributed by atoms with E-state index in [1.807, 2.05) is 13.8 Å². The molecule has 1 aliphatic heterocycles. The molecule has 1 fully saturated rings. The highest BCUT2D eigenvalue weighted by Gasteiger charge is 2.33. The minimum absolute atomic E-state index is 0.159. The fraction of sp³-hybridized carbons (Fsp3) is 0.667. The second kappa shape index (κ2) is 4.51. The van der Waals surface area contributed by atoms with Crippen LogP contribution in [0.5, 0.6) is 0 Å². The van der Waals surface area contributed by atoms with E-state index >= 15 is 0 Å². The second-order valence-corrected chi connectivity index (χ2v) is 6.44. The summed E-state index contributed by atoms with van der Waals surface area (Å²) in [6.07, 6.45) is 0. The quantitative estimate of drug-likeness (QED) is 0.892. The van der Waals surface area contributed by atoms with Gasteiger partial charge in [0, 0.05) is 11.4 Å². The summed E-state index contributed by atoms with van der Waals surface area (Å²) in [6.45, 7) is 9.27. The van der Waals surface area contributed by atoms with Crippen molar-refractivity contribution in [1.29, 1.82) is 0 Å². The first-order valence-corrected chi connectivity index (χ1v) is 6.73. The number of morpholine rings is 1. The fourth-order valence-electron chi connectivity index (χ4n) is 2.01.